The largest absolute Gasteiger partial charge is 0.327 e. The van der Waals surface area contributed by atoms with Gasteiger partial charge in [0.2, 0.25) is 0 Å². The van der Waals surface area contributed by atoms with Crippen LogP contribution in [0.15, 0.2) is 70.5 Å². The Kier molecular flexibility index (Phi) is 5.84. The summed E-state index contributed by atoms with van der Waals surface area (Å²) in [7, 11) is 1.11. The minimum atomic E-state index is -0.0583. The van der Waals surface area contributed by atoms with Gasteiger partial charge in [-0.1, -0.05) is 79.6 Å². The van der Waals surface area contributed by atoms with Crippen molar-refractivity contribution in [3.05, 3.63) is 81.6 Å². The van der Waals surface area contributed by atoms with E-state index in [0.717, 1.165) is 16.7 Å². The number of hydrogen-bond donors (Lipinski definition) is 1. The molecule has 0 aromatic heterocycles. The zero-order valence-electron chi connectivity index (χ0n) is 16.8. The van der Waals surface area contributed by atoms with E-state index in [4.69, 9.17) is 5.73 Å². The van der Waals surface area contributed by atoms with E-state index in [1.807, 2.05) is 0 Å². The van der Waals surface area contributed by atoms with Gasteiger partial charge in [0.1, 0.15) is 0 Å². The summed E-state index contributed by atoms with van der Waals surface area (Å²) in [5, 5.41) is 1.61. The summed E-state index contributed by atoms with van der Waals surface area (Å²) in [6, 6.07) is 9.39. The highest BCUT2D eigenvalue weighted by atomic mass is 28.1. The SMILES string of the molecule is CCCCc1ccc(C2(C3=C(CN)C(C)C([SiH3])=C3C)C=CC=CC2)cc1. The molecule has 0 spiro atoms. The maximum absolute atomic E-state index is 6.25. The molecular weight excluding hydrogens is 330 g/mol. The zero-order chi connectivity index (χ0) is 18.7. The van der Waals surface area contributed by atoms with E-state index in [0.29, 0.717) is 12.5 Å². The maximum atomic E-state index is 6.25. The molecule has 0 saturated carbocycles. The molecular formula is C24H33NSi. The first-order valence-corrected chi connectivity index (χ1v) is 11.1. The Bertz CT molecular complexity index is 779. The van der Waals surface area contributed by atoms with Gasteiger partial charge in [0, 0.05) is 22.2 Å². The fraction of sp³-hybridized carbons (Fsp3) is 0.417. The van der Waals surface area contributed by atoms with Crippen molar-refractivity contribution < 1.29 is 0 Å². The van der Waals surface area contributed by atoms with Gasteiger partial charge in [0.05, 0.1) is 0 Å². The highest BCUT2D eigenvalue weighted by Crippen LogP contribution is 2.49. The van der Waals surface area contributed by atoms with Crippen molar-refractivity contribution in [2.24, 2.45) is 11.7 Å². The lowest BCUT2D eigenvalue weighted by Crippen LogP contribution is -2.29. The summed E-state index contributed by atoms with van der Waals surface area (Å²) in [6.07, 6.45) is 13.8. The van der Waals surface area contributed by atoms with Crippen LogP contribution < -0.4 is 5.73 Å². The van der Waals surface area contributed by atoms with Crippen LogP contribution in [0.3, 0.4) is 0 Å². The topological polar surface area (TPSA) is 26.0 Å². The summed E-state index contributed by atoms with van der Waals surface area (Å²) < 4.78 is 0. The van der Waals surface area contributed by atoms with Crippen LogP contribution in [0.2, 0.25) is 0 Å². The molecule has 0 amide bonds. The van der Waals surface area contributed by atoms with Gasteiger partial charge in [-0.25, -0.2) is 0 Å². The summed E-state index contributed by atoms with van der Waals surface area (Å²) in [5.41, 5.74) is 13.5. The van der Waals surface area contributed by atoms with Crippen molar-refractivity contribution in [2.45, 2.75) is 51.9 Å². The van der Waals surface area contributed by atoms with Gasteiger partial charge in [-0.15, -0.1) is 0 Å². The predicted octanol–water partition coefficient (Wildman–Crippen LogP) is 4.33. The van der Waals surface area contributed by atoms with E-state index in [9.17, 15) is 0 Å². The van der Waals surface area contributed by atoms with Crippen LogP contribution in [0, 0.1) is 5.92 Å². The Labute approximate surface area is 162 Å². The molecule has 0 aliphatic heterocycles. The minimum Gasteiger partial charge on any atom is -0.327 e. The molecule has 1 nitrogen and oxygen atoms in total. The van der Waals surface area contributed by atoms with Crippen LogP contribution in [0.5, 0.6) is 0 Å². The molecule has 0 fully saturated rings. The molecule has 0 radical (unpaired) electrons. The first-order valence-electron chi connectivity index (χ1n) is 10.1. The van der Waals surface area contributed by atoms with Gasteiger partial charge in [-0.05, 0) is 54.4 Å². The predicted molar refractivity (Wildman–Crippen MR) is 118 cm³/mol. The quantitative estimate of drug-likeness (QED) is 0.748. The Hall–Kier alpha value is -1.64. The van der Waals surface area contributed by atoms with Crippen molar-refractivity contribution in [2.75, 3.05) is 6.54 Å². The lowest BCUT2D eigenvalue weighted by atomic mass is 9.67. The fourth-order valence-corrected chi connectivity index (χ4v) is 5.25. The molecule has 2 unspecified atom stereocenters. The first-order chi connectivity index (χ1) is 12.5. The second-order valence-corrected chi connectivity index (χ2v) is 8.97. The average molecular weight is 364 g/mol. The second kappa shape index (κ2) is 7.94. The molecule has 2 aliphatic carbocycles. The maximum Gasteiger partial charge on any atom is 0.0422 e. The molecule has 2 heteroatoms. The van der Waals surface area contributed by atoms with Gasteiger partial charge in [0.15, 0.2) is 0 Å². The standard InChI is InChI=1S/C24H33NSi/c1-4-5-9-19-10-12-20(13-11-19)24(14-7-6-8-15-24)22-18(3)23(26)17(2)21(22)16-25/h6-8,10-14,17H,4-5,9,15-16,25H2,1-3,26H3. The molecule has 1 aromatic rings. The summed E-state index contributed by atoms with van der Waals surface area (Å²) >= 11 is 0. The molecule has 1 aromatic carbocycles. The van der Waals surface area contributed by atoms with Crippen molar-refractivity contribution in [1.82, 2.24) is 0 Å². The van der Waals surface area contributed by atoms with Gasteiger partial charge < -0.3 is 5.73 Å². The van der Waals surface area contributed by atoms with Crippen LogP contribution in [0.1, 0.15) is 51.2 Å². The van der Waals surface area contributed by atoms with E-state index >= 15 is 0 Å². The van der Waals surface area contributed by atoms with E-state index in [-0.39, 0.29) is 5.41 Å². The second-order valence-electron chi connectivity index (χ2n) is 7.90. The number of allylic oxidation sites excluding steroid dienone is 7. The van der Waals surface area contributed by atoms with Gasteiger partial charge in [0.25, 0.3) is 0 Å². The van der Waals surface area contributed by atoms with Crippen molar-refractivity contribution >= 4 is 10.2 Å². The van der Waals surface area contributed by atoms with Crippen LogP contribution in [-0.2, 0) is 11.8 Å². The summed E-state index contributed by atoms with van der Waals surface area (Å²) in [6.45, 7) is 7.57. The Morgan fingerprint density at radius 2 is 1.92 bits per heavy atom. The van der Waals surface area contributed by atoms with Crippen LogP contribution in [0.25, 0.3) is 0 Å². The molecule has 3 rings (SSSR count). The third-order valence-electron chi connectivity index (χ3n) is 6.48. The summed E-state index contributed by atoms with van der Waals surface area (Å²) in [5.74, 6) is 0.515. The Morgan fingerprint density at radius 3 is 2.50 bits per heavy atom. The molecule has 0 saturated heterocycles. The van der Waals surface area contributed by atoms with Crippen molar-refractivity contribution in [3.63, 3.8) is 0 Å². The van der Waals surface area contributed by atoms with Gasteiger partial charge in [-0.3, -0.25) is 0 Å². The highest BCUT2D eigenvalue weighted by Gasteiger charge is 2.40. The minimum absolute atomic E-state index is 0.0583. The Balaban J connectivity index is 2.10. The van der Waals surface area contributed by atoms with Crippen molar-refractivity contribution in [1.29, 1.82) is 0 Å². The molecule has 2 N–H and O–H groups in total. The number of benzene rings is 1. The zero-order valence-corrected chi connectivity index (χ0v) is 18.8. The monoisotopic (exact) mass is 363 g/mol. The van der Waals surface area contributed by atoms with E-state index < -0.39 is 0 Å². The molecule has 0 heterocycles. The molecule has 2 atom stereocenters. The number of hydrogen-bond acceptors (Lipinski definition) is 1. The number of aryl methyl sites for hydroxylation is 1. The third-order valence-corrected chi connectivity index (χ3v) is 8.10. The van der Waals surface area contributed by atoms with E-state index in [1.54, 1.807) is 5.20 Å². The molecule has 26 heavy (non-hydrogen) atoms. The lowest BCUT2D eigenvalue weighted by Gasteiger charge is -2.36. The Morgan fingerprint density at radius 1 is 1.19 bits per heavy atom. The smallest absolute Gasteiger partial charge is 0.0422 e. The normalized spacial score (nSPS) is 25.6. The fourth-order valence-electron chi connectivity index (χ4n) is 4.65. The van der Waals surface area contributed by atoms with E-state index in [1.165, 1.54) is 47.1 Å². The van der Waals surface area contributed by atoms with Gasteiger partial charge >= 0.3 is 0 Å². The first kappa shape index (κ1) is 19.1. The molecule has 138 valence electrons. The van der Waals surface area contributed by atoms with E-state index in [2.05, 4.69) is 69.3 Å². The van der Waals surface area contributed by atoms with Crippen molar-refractivity contribution in [3.8, 4) is 0 Å². The number of unbranched alkanes of at least 4 members (excludes halogenated alkanes) is 1. The van der Waals surface area contributed by atoms with Crippen LogP contribution >= 0.6 is 0 Å². The molecule has 2 aliphatic rings. The van der Waals surface area contributed by atoms with Crippen LogP contribution in [-0.4, -0.2) is 16.8 Å². The third kappa shape index (κ3) is 3.21. The summed E-state index contributed by atoms with van der Waals surface area (Å²) in [4.78, 5) is 0. The average Bonchev–Trinajstić information content (AvgIpc) is 2.91. The lowest BCUT2D eigenvalue weighted by molar-refractivity contribution is 0.626. The number of rotatable bonds is 6. The van der Waals surface area contributed by atoms with Gasteiger partial charge in [-0.2, -0.15) is 0 Å². The number of nitrogens with two attached hydrogens (primary N) is 1. The van der Waals surface area contributed by atoms with Crippen LogP contribution in [0.4, 0.5) is 0 Å². The highest BCUT2D eigenvalue weighted by molar-refractivity contribution is 6.23. The molecule has 0 bridgehead atoms.